The topological polar surface area (TPSA) is 12.0 Å². The summed E-state index contributed by atoms with van der Waals surface area (Å²) in [6, 6.07) is 6.35. The van der Waals surface area contributed by atoms with E-state index in [-0.39, 0.29) is 11.5 Å². The summed E-state index contributed by atoms with van der Waals surface area (Å²) in [6.45, 7) is 4.11. The normalized spacial score (nSPS) is 14.1. The highest BCUT2D eigenvalue weighted by molar-refractivity contribution is 5.20. The first-order chi connectivity index (χ1) is 7.41. The van der Waals surface area contributed by atoms with Gasteiger partial charge < -0.3 is 5.32 Å². The Labute approximate surface area is 93.7 Å². The predicted octanol–water partition coefficient (Wildman–Crippen LogP) is 3.54. The zero-order valence-corrected chi connectivity index (χ0v) is 9.38. The average molecular weight is 231 g/mol. The fraction of sp³-hybridized carbons (Fsp3) is 0.500. The molecule has 0 heterocycles. The van der Waals surface area contributed by atoms with E-state index in [9.17, 15) is 13.2 Å². The number of nitrogens with one attached hydrogen (secondary N) is 1. The van der Waals surface area contributed by atoms with Crippen LogP contribution in [0.3, 0.4) is 0 Å². The molecule has 1 unspecified atom stereocenters. The second kappa shape index (κ2) is 5.34. The van der Waals surface area contributed by atoms with Gasteiger partial charge in [0.15, 0.2) is 0 Å². The largest absolute Gasteiger partial charge is 0.407 e. The molecule has 1 aromatic carbocycles. The number of alkyl halides is 3. The highest BCUT2D eigenvalue weighted by Crippen LogP contribution is 2.32. The molecule has 16 heavy (non-hydrogen) atoms. The molecule has 1 aromatic rings. The van der Waals surface area contributed by atoms with Crippen LogP contribution in [-0.2, 0) is 0 Å². The summed E-state index contributed by atoms with van der Waals surface area (Å²) in [7, 11) is 0. The molecule has 1 N–H and O–H groups in total. The van der Waals surface area contributed by atoms with Crippen LogP contribution in [0.1, 0.15) is 25.5 Å². The summed E-state index contributed by atoms with van der Waals surface area (Å²) in [5.74, 6) is 0.188. The summed E-state index contributed by atoms with van der Waals surface area (Å²) >= 11 is 0. The summed E-state index contributed by atoms with van der Waals surface area (Å²) in [5.41, 5.74) is 0.260. The van der Waals surface area contributed by atoms with Crippen LogP contribution in [0.15, 0.2) is 30.3 Å². The van der Waals surface area contributed by atoms with Crippen LogP contribution < -0.4 is 5.32 Å². The molecule has 0 amide bonds. The average Bonchev–Trinajstić information content (AvgIpc) is 2.17. The Hall–Kier alpha value is -1.03. The molecule has 0 saturated heterocycles. The van der Waals surface area contributed by atoms with Crippen LogP contribution in [0.25, 0.3) is 0 Å². The van der Waals surface area contributed by atoms with E-state index in [0.29, 0.717) is 6.54 Å². The molecule has 0 aliphatic carbocycles. The molecule has 0 spiro atoms. The molecule has 1 rings (SSSR count). The number of benzene rings is 1. The van der Waals surface area contributed by atoms with E-state index >= 15 is 0 Å². The van der Waals surface area contributed by atoms with Crippen LogP contribution in [0, 0.1) is 5.92 Å². The molecule has 0 aromatic heterocycles. The first kappa shape index (κ1) is 13.0. The van der Waals surface area contributed by atoms with Gasteiger partial charge in [-0.25, -0.2) is 0 Å². The minimum atomic E-state index is -4.25. The number of hydrogen-bond acceptors (Lipinski definition) is 1. The fourth-order valence-corrected chi connectivity index (χ4v) is 1.42. The Morgan fingerprint density at radius 2 is 1.69 bits per heavy atom. The van der Waals surface area contributed by atoms with Crippen molar-refractivity contribution in [1.29, 1.82) is 0 Å². The monoisotopic (exact) mass is 231 g/mol. The molecule has 0 aliphatic rings. The Balaban J connectivity index is 2.81. The number of hydrogen-bond donors (Lipinski definition) is 1. The van der Waals surface area contributed by atoms with E-state index in [4.69, 9.17) is 0 Å². The van der Waals surface area contributed by atoms with Crippen molar-refractivity contribution in [3.8, 4) is 0 Å². The molecule has 0 bridgehead atoms. The van der Waals surface area contributed by atoms with E-state index in [1.807, 2.05) is 13.8 Å². The summed E-state index contributed by atoms with van der Waals surface area (Å²) in [6.07, 6.45) is -4.25. The lowest BCUT2D eigenvalue weighted by Gasteiger charge is -2.23. The fourth-order valence-electron chi connectivity index (χ4n) is 1.42. The van der Waals surface area contributed by atoms with Gasteiger partial charge in [-0.2, -0.15) is 13.2 Å². The van der Waals surface area contributed by atoms with Crippen LogP contribution in [0.2, 0.25) is 0 Å². The van der Waals surface area contributed by atoms with Gasteiger partial charge in [-0.15, -0.1) is 0 Å². The Morgan fingerprint density at radius 1 is 1.12 bits per heavy atom. The maximum atomic E-state index is 12.8. The van der Waals surface area contributed by atoms with E-state index in [0.717, 1.165) is 0 Å². The van der Waals surface area contributed by atoms with Crippen LogP contribution in [0.5, 0.6) is 0 Å². The third kappa shape index (κ3) is 3.85. The molecule has 0 fully saturated rings. The van der Waals surface area contributed by atoms with Crippen molar-refractivity contribution in [3.05, 3.63) is 35.9 Å². The second-order valence-corrected chi connectivity index (χ2v) is 4.19. The molecule has 90 valence electrons. The van der Waals surface area contributed by atoms with Gasteiger partial charge in [0.1, 0.15) is 6.04 Å². The molecule has 0 radical (unpaired) electrons. The van der Waals surface area contributed by atoms with E-state index in [1.165, 1.54) is 12.1 Å². The molecule has 4 heteroatoms. The first-order valence-electron chi connectivity index (χ1n) is 5.26. The number of halogens is 3. The van der Waals surface area contributed by atoms with Gasteiger partial charge in [0.05, 0.1) is 0 Å². The Morgan fingerprint density at radius 3 is 2.12 bits per heavy atom. The minimum Gasteiger partial charge on any atom is -0.302 e. The minimum absolute atomic E-state index is 0.188. The summed E-state index contributed by atoms with van der Waals surface area (Å²) in [5, 5.41) is 2.55. The third-order valence-electron chi connectivity index (χ3n) is 2.19. The van der Waals surface area contributed by atoms with E-state index in [1.54, 1.807) is 18.2 Å². The van der Waals surface area contributed by atoms with Gasteiger partial charge in [0.25, 0.3) is 0 Å². The second-order valence-electron chi connectivity index (χ2n) is 4.19. The predicted molar refractivity (Wildman–Crippen MR) is 58.1 cm³/mol. The zero-order chi connectivity index (χ0) is 12.2. The molecule has 1 atom stereocenters. The molecular weight excluding hydrogens is 215 g/mol. The van der Waals surface area contributed by atoms with Gasteiger partial charge in [0.2, 0.25) is 0 Å². The van der Waals surface area contributed by atoms with Crippen molar-refractivity contribution < 1.29 is 13.2 Å². The van der Waals surface area contributed by atoms with Gasteiger partial charge >= 0.3 is 6.18 Å². The smallest absolute Gasteiger partial charge is 0.302 e. The molecular formula is C12H16F3N. The zero-order valence-electron chi connectivity index (χ0n) is 9.38. The molecule has 0 saturated carbocycles. The lowest BCUT2D eigenvalue weighted by atomic mass is 10.1. The molecule has 1 nitrogen and oxygen atoms in total. The summed E-state index contributed by atoms with van der Waals surface area (Å²) < 4.78 is 38.4. The van der Waals surface area contributed by atoms with Crippen LogP contribution >= 0.6 is 0 Å². The van der Waals surface area contributed by atoms with Crippen molar-refractivity contribution in [2.45, 2.75) is 26.1 Å². The van der Waals surface area contributed by atoms with Gasteiger partial charge in [0, 0.05) is 0 Å². The third-order valence-corrected chi connectivity index (χ3v) is 2.19. The summed E-state index contributed by atoms with van der Waals surface area (Å²) in [4.78, 5) is 0. The quantitative estimate of drug-likeness (QED) is 0.835. The maximum absolute atomic E-state index is 12.8. The SMILES string of the molecule is CC(C)CNC(c1ccccc1)C(F)(F)F. The van der Waals surface area contributed by atoms with Crippen molar-refractivity contribution in [2.24, 2.45) is 5.92 Å². The van der Waals surface area contributed by atoms with Crippen LogP contribution in [0.4, 0.5) is 13.2 Å². The van der Waals surface area contributed by atoms with E-state index in [2.05, 4.69) is 5.32 Å². The Bertz CT molecular complexity index is 306. The molecule has 0 aliphatic heterocycles. The van der Waals surface area contributed by atoms with E-state index < -0.39 is 12.2 Å². The standard InChI is InChI=1S/C12H16F3N/c1-9(2)8-16-11(12(13,14)15)10-6-4-3-5-7-10/h3-7,9,11,16H,8H2,1-2H3. The van der Waals surface area contributed by atoms with Crippen molar-refractivity contribution in [1.82, 2.24) is 5.32 Å². The van der Waals surface area contributed by atoms with Crippen LogP contribution in [-0.4, -0.2) is 12.7 Å². The van der Waals surface area contributed by atoms with Crippen molar-refractivity contribution in [3.63, 3.8) is 0 Å². The van der Waals surface area contributed by atoms with Gasteiger partial charge in [-0.05, 0) is 18.0 Å². The highest BCUT2D eigenvalue weighted by atomic mass is 19.4. The lowest BCUT2D eigenvalue weighted by Crippen LogP contribution is -2.36. The van der Waals surface area contributed by atoms with Gasteiger partial charge in [-0.3, -0.25) is 0 Å². The van der Waals surface area contributed by atoms with Crippen molar-refractivity contribution in [2.75, 3.05) is 6.54 Å². The highest BCUT2D eigenvalue weighted by Gasteiger charge is 2.40. The first-order valence-corrected chi connectivity index (χ1v) is 5.26. The maximum Gasteiger partial charge on any atom is 0.407 e. The Kier molecular flexibility index (Phi) is 4.35. The van der Waals surface area contributed by atoms with Crippen molar-refractivity contribution >= 4 is 0 Å². The number of rotatable bonds is 4. The lowest BCUT2D eigenvalue weighted by molar-refractivity contribution is -0.158. The van der Waals surface area contributed by atoms with Gasteiger partial charge in [-0.1, -0.05) is 44.2 Å².